The highest BCUT2D eigenvalue weighted by Gasteiger charge is 2.30. The minimum atomic E-state index is -0.183. The highest BCUT2D eigenvalue weighted by atomic mass is 19.1. The van der Waals surface area contributed by atoms with Crippen LogP contribution in [0.3, 0.4) is 0 Å². The lowest BCUT2D eigenvalue weighted by Gasteiger charge is -2.37. The first kappa shape index (κ1) is 20.6. The third-order valence-corrected chi connectivity index (χ3v) is 6.93. The lowest BCUT2D eigenvalue weighted by Crippen LogP contribution is -2.25. The maximum Gasteiger partial charge on any atom is 0.0897 e. The second-order valence-corrected chi connectivity index (χ2v) is 8.72. The molecular weight excluding hydrogens is 335 g/mol. The summed E-state index contributed by atoms with van der Waals surface area (Å²) in [7, 11) is 1.76. The van der Waals surface area contributed by atoms with Gasteiger partial charge in [-0.3, -0.25) is 4.39 Å². The molecule has 2 heteroatoms. The summed E-state index contributed by atoms with van der Waals surface area (Å²) in [5.74, 6) is 3.41. The summed E-state index contributed by atoms with van der Waals surface area (Å²) >= 11 is 0. The van der Waals surface area contributed by atoms with E-state index < -0.39 is 0 Å². The number of hydrogen-bond acceptors (Lipinski definition) is 1. The summed E-state index contributed by atoms with van der Waals surface area (Å²) in [5, 5.41) is 0. The van der Waals surface area contributed by atoms with Crippen LogP contribution in [0.4, 0.5) is 4.39 Å². The number of methoxy groups -OCH3 is 1. The number of unbranched alkanes of at least 4 members (excludes halogenated alkanes) is 1. The number of halogens is 1. The van der Waals surface area contributed by atoms with E-state index in [-0.39, 0.29) is 6.67 Å². The maximum absolute atomic E-state index is 12.2. The van der Waals surface area contributed by atoms with Crippen LogP contribution in [-0.2, 0) is 11.3 Å². The van der Waals surface area contributed by atoms with Gasteiger partial charge in [-0.2, -0.15) is 0 Å². The number of benzene rings is 1. The van der Waals surface area contributed by atoms with Crippen molar-refractivity contribution in [2.45, 2.75) is 76.7 Å². The van der Waals surface area contributed by atoms with Gasteiger partial charge in [-0.1, -0.05) is 36.4 Å². The molecule has 1 aromatic carbocycles. The normalized spacial score (nSPS) is 29.3. The van der Waals surface area contributed by atoms with Crippen molar-refractivity contribution in [2.24, 2.45) is 17.8 Å². The third-order valence-electron chi connectivity index (χ3n) is 6.93. The Labute approximate surface area is 165 Å². The van der Waals surface area contributed by atoms with Gasteiger partial charge in [-0.05, 0) is 99.0 Å². The van der Waals surface area contributed by atoms with E-state index in [9.17, 15) is 4.39 Å². The van der Waals surface area contributed by atoms with E-state index in [0.717, 1.165) is 30.1 Å². The Kier molecular flexibility index (Phi) is 8.38. The largest absolute Gasteiger partial charge is 0.380 e. The maximum atomic E-state index is 12.2. The number of rotatable bonds is 8. The van der Waals surface area contributed by atoms with Gasteiger partial charge in [0.25, 0.3) is 0 Å². The molecule has 0 saturated heterocycles. The van der Waals surface area contributed by atoms with Gasteiger partial charge < -0.3 is 4.74 Å². The molecule has 0 spiro atoms. The van der Waals surface area contributed by atoms with E-state index in [4.69, 9.17) is 4.74 Å². The molecule has 0 bridgehead atoms. The molecule has 2 fully saturated rings. The van der Waals surface area contributed by atoms with Gasteiger partial charge in [0, 0.05) is 7.11 Å². The molecule has 0 aromatic heterocycles. The van der Waals surface area contributed by atoms with Gasteiger partial charge in [0.05, 0.1) is 13.3 Å². The molecule has 0 amide bonds. The lowest BCUT2D eigenvalue weighted by atomic mass is 9.68. The molecule has 2 aliphatic carbocycles. The Balaban J connectivity index is 1.40. The van der Waals surface area contributed by atoms with Gasteiger partial charge in [0.2, 0.25) is 0 Å². The average Bonchev–Trinajstić information content (AvgIpc) is 2.73. The fourth-order valence-electron chi connectivity index (χ4n) is 5.27. The molecule has 0 unspecified atom stereocenters. The van der Waals surface area contributed by atoms with Crippen LogP contribution in [0.1, 0.15) is 81.3 Å². The van der Waals surface area contributed by atoms with Crippen LogP contribution in [0.15, 0.2) is 36.4 Å². The van der Waals surface area contributed by atoms with Crippen molar-refractivity contribution in [1.29, 1.82) is 0 Å². The van der Waals surface area contributed by atoms with Crippen molar-refractivity contribution in [3.63, 3.8) is 0 Å². The lowest BCUT2D eigenvalue weighted by molar-refractivity contribution is 0.171. The SMILES string of the molecule is COCc1ccc([C@H]2CC[C@H]([C@H]3CC[C@H](C=CCCCF)CC3)CC2)cc1. The molecule has 1 nitrogen and oxygen atoms in total. The third kappa shape index (κ3) is 6.17. The predicted octanol–water partition coefficient (Wildman–Crippen LogP) is 7.22. The topological polar surface area (TPSA) is 9.23 Å². The van der Waals surface area contributed by atoms with Crippen molar-refractivity contribution >= 4 is 0 Å². The molecule has 0 N–H and O–H groups in total. The molecule has 0 heterocycles. The zero-order valence-electron chi connectivity index (χ0n) is 17.0. The fourth-order valence-corrected chi connectivity index (χ4v) is 5.27. The van der Waals surface area contributed by atoms with Crippen molar-refractivity contribution in [2.75, 3.05) is 13.8 Å². The van der Waals surface area contributed by atoms with Crippen molar-refractivity contribution in [1.82, 2.24) is 0 Å². The number of hydrogen-bond donors (Lipinski definition) is 0. The van der Waals surface area contributed by atoms with E-state index in [0.29, 0.717) is 13.0 Å². The van der Waals surface area contributed by atoms with Crippen LogP contribution in [-0.4, -0.2) is 13.8 Å². The molecule has 1 aromatic rings. The molecule has 2 saturated carbocycles. The first-order valence-corrected chi connectivity index (χ1v) is 11.1. The molecule has 27 heavy (non-hydrogen) atoms. The van der Waals surface area contributed by atoms with E-state index in [1.54, 1.807) is 7.11 Å². The van der Waals surface area contributed by atoms with Gasteiger partial charge in [0.1, 0.15) is 0 Å². The molecule has 0 radical (unpaired) electrons. The molecule has 0 aliphatic heterocycles. The minimum absolute atomic E-state index is 0.183. The van der Waals surface area contributed by atoms with Crippen LogP contribution < -0.4 is 0 Å². The summed E-state index contributed by atoms with van der Waals surface area (Å²) in [4.78, 5) is 0. The Morgan fingerprint density at radius 1 is 0.926 bits per heavy atom. The van der Waals surface area contributed by atoms with E-state index in [1.165, 1.54) is 62.5 Å². The Hall–Kier alpha value is -1.15. The van der Waals surface area contributed by atoms with Crippen LogP contribution in [0, 0.1) is 17.8 Å². The van der Waals surface area contributed by atoms with Crippen molar-refractivity contribution < 1.29 is 9.13 Å². The number of ether oxygens (including phenoxy) is 1. The zero-order chi connectivity index (χ0) is 18.9. The van der Waals surface area contributed by atoms with E-state index >= 15 is 0 Å². The van der Waals surface area contributed by atoms with Gasteiger partial charge >= 0.3 is 0 Å². The monoisotopic (exact) mass is 372 g/mol. The van der Waals surface area contributed by atoms with Crippen molar-refractivity contribution in [3.8, 4) is 0 Å². The molecule has 3 rings (SSSR count). The summed E-state index contributed by atoms with van der Waals surface area (Å²) in [5.41, 5.74) is 2.79. The summed E-state index contributed by atoms with van der Waals surface area (Å²) in [6.45, 7) is 0.526. The smallest absolute Gasteiger partial charge is 0.0897 e. The summed E-state index contributed by atoms with van der Waals surface area (Å²) in [6, 6.07) is 9.10. The number of alkyl halides is 1. The minimum Gasteiger partial charge on any atom is -0.380 e. The molecule has 2 aliphatic rings. The Morgan fingerprint density at radius 3 is 2.15 bits per heavy atom. The highest BCUT2D eigenvalue weighted by Crippen LogP contribution is 2.44. The molecular formula is C25H37FO. The van der Waals surface area contributed by atoms with E-state index in [2.05, 4.69) is 36.4 Å². The highest BCUT2D eigenvalue weighted by molar-refractivity contribution is 5.25. The second kappa shape index (κ2) is 11.0. The van der Waals surface area contributed by atoms with Crippen LogP contribution in [0.5, 0.6) is 0 Å². The summed E-state index contributed by atoms with van der Waals surface area (Å²) in [6.07, 6.45) is 17.2. The second-order valence-electron chi connectivity index (χ2n) is 8.72. The predicted molar refractivity (Wildman–Crippen MR) is 112 cm³/mol. The van der Waals surface area contributed by atoms with Crippen molar-refractivity contribution in [3.05, 3.63) is 47.5 Å². The van der Waals surface area contributed by atoms with Crippen LogP contribution in [0.2, 0.25) is 0 Å². The quantitative estimate of drug-likeness (QED) is 0.346. The van der Waals surface area contributed by atoms with E-state index in [1.807, 2.05) is 0 Å². The van der Waals surface area contributed by atoms with Crippen LogP contribution >= 0.6 is 0 Å². The average molecular weight is 373 g/mol. The number of allylic oxidation sites excluding steroid dienone is 2. The Bertz CT molecular complexity index is 548. The first-order valence-electron chi connectivity index (χ1n) is 11.1. The zero-order valence-corrected chi connectivity index (χ0v) is 17.0. The first-order chi connectivity index (χ1) is 13.3. The Morgan fingerprint density at radius 2 is 1.56 bits per heavy atom. The molecule has 150 valence electrons. The summed E-state index contributed by atoms with van der Waals surface area (Å²) < 4.78 is 17.4. The van der Waals surface area contributed by atoms with Gasteiger partial charge in [0.15, 0.2) is 0 Å². The molecule has 0 atom stereocenters. The van der Waals surface area contributed by atoms with Gasteiger partial charge in [-0.15, -0.1) is 0 Å². The van der Waals surface area contributed by atoms with Crippen LogP contribution in [0.25, 0.3) is 0 Å². The standard InChI is InChI=1S/C25H37FO/c1-27-19-21-8-12-23(13-9-21)25-16-14-24(15-17-25)22-10-6-20(7-11-22)5-3-2-4-18-26/h3,5,8-9,12-13,20,22,24-25H,2,4,6-7,10-11,14-19H2,1H3/t20-,22-,24-,25-. The van der Waals surface area contributed by atoms with Gasteiger partial charge in [-0.25, -0.2) is 0 Å². The fraction of sp³-hybridized carbons (Fsp3) is 0.680.